The zero-order valence-corrected chi connectivity index (χ0v) is 10.9. The minimum atomic E-state index is -0.172. The number of Topliss-reactive ketones (excluding diaryl/α,β-unsaturated/α-hetero) is 1. The predicted molar refractivity (Wildman–Crippen MR) is 67.7 cm³/mol. The van der Waals surface area contributed by atoms with Crippen LogP contribution in [0.15, 0.2) is 24.3 Å². The van der Waals surface area contributed by atoms with Gasteiger partial charge >= 0.3 is 5.97 Å². The lowest BCUT2D eigenvalue weighted by atomic mass is 10.0. The van der Waals surface area contributed by atoms with Crippen LogP contribution in [0.4, 0.5) is 0 Å². The van der Waals surface area contributed by atoms with Gasteiger partial charge in [-0.15, -0.1) is 0 Å². The van der Waals surface area contributed by atoms with E-state index in [9.17, 15) is 9.59 Å². The van der Waals surface area contributed by atoms with Crippen molar-refractivity contribution in [1.29, 1.82) is 0 Å². The van der Waals surface area contributed by atoms with Gasteiger partial charge in [-0.05, 0) is 12.5 Å². The summed E-state index contributed by atoms with van der Waals surface area (Å²) in [6.45, 7) is 1.53. The van der Waals surface area contributed by atoms with Crippen molar-refractivity contribution in [3.63, 3.8) is 0 Å². The topological polar surface area (TPSA) is 43.4 Å². The fraction of sp³-hybridized carbons (Fsp3) is 0.333. The zero-order chi connectivity index (χ0) is 11.7. The Hall–Kier alpha value is -0.910. The van der Waals surface area contributed by atoms with Crippen molar-refractivity contribution in [2.75, 3.05) is 0 Å². The van der Waals surface area contributed by atoms with Gasteiger partial charge in [0.2, 0.25) is 0 Å². The number of esters is 1. The molecule has 0 bridgehead atoms. The van der Waals surface area contributed by atoms with Gasteiger partial charge < -0.3 is 4.74 Å². The molecule has 0 amide bonds. The third kappa shape index (κ3) is 2.26. The Morgan fingerprint density at radius 3 is 2.44 bits per heavy atom. The highest BCUT2D eigenvalue weighted by Gasteiger charge is 2.33. The number of cyclic esters (lactones) is 1. The molecule has 16 heavy (non-hydrogen) atoms. The highest BCUT2D eigenvalue weighted by Crippen LogP contribution is 2.35. The molecule has 0 N–H and O–H groups in total. The van der Waals surface area contributed by atoms with Crippen LogP contribution in [0, 0.1) is 0 Å². The zero-order valence-electron chi connectivity index (χ0n) is 8.77. The molecule has 0 radical (unpaired) electrons. The summed E-state index contributed by atoms with van der Waals surface area (Å²) in [5.74, 6) is -0.110. The van der Waals surface area contributed by atoms with Crippen molar-refractivity contribution in [3.8, 4) is 0 Å². The summed E-state index contributed by atoms with van der Waals surface area (Å²) in [5, 5.41) is 0. The summed E-state index contributed by atoms with van der Waals surface area (Å²) in [7, 11) is 0. The first-order valence-electron chi connectivity index (χ1n) is 5.02. The fourth-order valence-corrected chi connectivity index (χ4v) is 2.64. The second kappa shape index (κ2) is 4.53. The van der Waals surface area contributed by atoms with Crippen LogP contribution in [0.3, 0.4) is 0 Å². The quantitative estimate of drug-likeness (QED) is 0.362. The number of hydrogen-bond donors (Lipinski definition) is 0. The Labute approximate surface area is 107 Å². The lowest BCUT2D eigenvalue weighted by Gasteiger charge is -2.13. The third-order valence-corrected chi connectivity index (χ3v) is 3.69. The second-order valence-corrected chi connectivity index (χ2v) is 5.41. The van der Waals surface area contributed by atoms with Gasteiger partial charge in [0, 0.05) is 5.56 Å². The number of rotatable bonds is 2. The molecule has 3 nitrogen and oxygen atoms in total. The lowest BCUT2D eigenvalue weighted by molar-refractivity contribution is -0.141. The molecule has 84 valence electrons. The molecule has 1 aromatic rings. The first-order valence-corrected chi connectivity index (χ1v) is 6.27. The Balaban J connectivity index is 2.22. The van der Waals surface area contributed by atoms with E-state index in [1.165, 1.54) is 6.92 Å². The molecule has 0 aliphatic carbocycles. The summed E-state index contributed by atoms with van der Waals surface area (Å²) in [6.07, 6.45) is 0.286. The molecule has 4 heteroatoms. The van der Waals surface area contributed by atoms with Crippen molar-refractivity contribution < 1.29 is 14.3 Å². The number of carbonyl (C=O) groups excluding carboxylic acids is 2. The first-order chi connectivity index (χ1) is 7.58. The van der Waals surface area contributed by atoms with Gasteiger partial charge in [0.1, 0.15) is 6.10 Å². The normalized spacial score (nSPS) is 24.2. The molecule has 0 aromatic heterocycles. The van der Waals surface area contributed by atoms with Crippen LogP contribution >= 0.6 is 22.6 Å². The number of halogens is 1. The van der Waals surface area contributed by atoms with Gasteiger partial charge in [0.05, 0.1) is 10.3 Å². The summed E-state index contributed by atoms with van der Waals surface area (Å²) in [6, 6.07) is 7.25. The molecule has 0 unspecified atom stereocenters. The fourth-order valence-electron chi connectivity index (χ4n) is 1.71. The van der Waals surface area contributed by atoms with Gasteiger partial charge in [-0.3, -0.25) is 9.59 Å². The molecule has 1 aromatic carbocycles. The average molecular weight is 330 g/mol. The van der Waals surface area contributed by atoms with Crippen LogP contribution in [0.2, 0.25) is 0 Å². The predicted octanol–water partition coefficient (Wildman–Crippen LogP) is 2.68. The van der Waals surface area contributed by atoms with E-state index in [1.807, 2.05) is 12.1 Å². The molecular weight excluding hydrogens is 319 g/mol. The number of carbonyl (C=O) groups is 2. The van der Waals surface area contributed by atoms with E-state index in [4.69, 9.17) is 4.74 Å². The van der Waals surface area contributed by atoms with E-state index in [0.717, 1.165) is 5.56 Å². The third-order valence-electron chi connectivity index (χ3n) is 2.59. The maximum absolute atomic E-state index is 11.1. The average Bonchev–Trinajstić information content (AvgIpc) is 2.58. The summed E-state index contributed by atoms with van der Waals surface area (Å²) in [4.78, 5) is 22.2. The van der Waals surface area contributed by atoms with E-state index >= 15 is 0 Å². The van der Waals surface area contributed by atoms with E-state index in [2.05, 4.69) is 22.6 Å². The Bertz CT molecular complexity index is 424. The summed E-state index contributed by atoms with van der Waals surface area (Å²) < 4.78 is 5.40. The van der Waals surface area contributed by atoms with Crippen LogP contribution in [-0.2, 0) is 9.53 Å². The van der Waals surface area contributed by atoms with E-state index < -0.39 is 0 Å². The molecule has 0 saturated carbocycles. The molecule has 1 aliphatic heterocycles. The molecule has 2 rings (SSSR count). The van der Waals surface area contributed by atoms with Gasteiger partial charge in [0.15, 0.2) is 5.78 Å². The van der Waals surface area contributed by atoms with Crippen molar-refractivity contribution >= 4 is 34.3 Å². The van der Waals surface area contributed by atoms with Crippen LogP contribution in [0.5, 0.6) is 0 Å². The van der Waals surface area contributed by atoms with Crippen molar-refractivity contribution in [2.45, 2.75) is 23.4 Å². The monoisotopic (exact) mass is 330 g/mol. The van der Waals surface area contributed by atoms with E-state index in [-0.39, 0.29) is 21.8 Å². The second-order valence-electron chi connectivity index (χ2n) is 3.81. The molecule has 0 spiro atoms. The van der Waals surface area contributed by atoms with Gasteiger partial charge in [-0.25, -0.2) is 0 Å². The lowest BCUT2D eigenvalue weighted by Crippen LogP contribution is -2.06. The number of benzene rings is 1. The van der Waals surface area contributed by atoms with Crippen LogP contribution in [-0.4, -0.2) is 15.7 Å². The maximum Gasteiger partial charge on any atom is 0.307 e. The molecule has 1 aliphatic rings. The van der Waals surface area contributed by atoms with Crippen molar-refractivity contribution in [3.05, 3.63) is 35.4 Å². The van der Waals surface area contributed by atoms with Crippen LogP contribution < -0.4 is 0 Å². The molecule has 1 heterocycles. The molecule has 1 saturated heterocycles. The highest BCUT2D eigenvalue weighted by molar-refractivity contribution is 14.1. The summed E-state index contributed by atoms with van der Waals surface area (Å²) in [5.41, 5.74) is 1.63. The Kier molecular flexibility index (Phi) is 3.28. The number of alkyl halides is 1. The van der Waals surface area contributed by atoms with Crippen LogP contribution in [0.25, 0.3) is 0 Å². The molecule has 2 atom stereocenters. The number of hydrogen-bond acceptors (Lipinski definition) is 3. The summed E-state index contributed by atoms with van der Waals surface area (Å²) >= 11 is 2.22. The van der Waals surface area contributed by atoms with Crippen molar-refractivity contribution in [2.24, 2.45) is 0 Å². The van der Waals surface area contributed by atoms with Gasteiger partial charge in [-0.2, -0.15) is 0 Å². The SMILES string of the molecule is CC(=O)c1ccc([C@@H]2OC(=O)C[C@H]2I)cc1. The number of ether oxygens (including phenoxy) is 1. The van der Waals surface area contributed by atoms with E-state index in [1.54, 1.807) is 12.1 Å². The van der Waals surface area contributed by atoms with Crippen molar-refractivity contribution in [1.82, 2.24) is 0 Å². The smallest absolute Gasteiger partial charge is 0.307 e. The maximum atomic E-state index is 11.1. The Morgan fingerprint density at radius 2 is 2.00 bits per heavy atom. The first kappa shape index (κ1) is 11.6. The molecule has 1 fully saturated rings. The minimum absolute atomic E-state index is 0.0426. The molecular formula is C12H11IO3. The number of ketones is 1. The minimum Gasteiger partial charge on any atom is -0.456 e. The van der Waals surface area contributed by atoms with Crippen LogP contribution in [0.1, 0.15) is 35.4 Å². The van der Waals surface area contributed by atoms with E-state index in [0.29, 0.717) is 12.0 Å². The Morgan fingerprint density at radius 1 is 1.38 bits per heavy atom. The standard InChI is InChI=1S/C12H11IO3/c1-7(14)8-2-4-9(5-3-8)12-10(13)6-11(15)16-12/h2-5,10,12H,6H2,1H3/t10-,12+/m1/s1. The highest BCUT2D eigenvalue weighted by atomic mass is 127. The van der Waals surface area contributed by atoms with Gasteiger partial charge in [0.25, 0.3) is 0 Å². The largest absolute Gasteiger partial charge is 0.456 e. The van der Waals surface area contributed by atoms with Gasteiger partial charge in [-0.1, -0.05) is 46.9 Å².